The van der Waals surface area contributed by atoms with Gasteiger partial charge in [-0.05, 0) is 36.4 Å². The molecular weight excluding hydrogens is 310 g/mol. The van der Waals surface area contributed by atoms with Crippen LogP contribution in [-0.2, 0) is 13.1 Å². The summed E-state index contributed by atoms with van der Waals surface area (Å²) in [5.41, 5.74) is 2.53. The summed E-state index contributed by atoms with van der Waals surface area (Å²) >= 11 is 9.56. The third-order valence-corrected chi connectivity index (χ3v) is 3.75. The van der Waals surface area contributed by atoms with Crippen LogP contribution in [0.3, 0.4) is 0 Å². The summed E-state index contributed by atoms with van der Waals surface area (Å²) in [5.74, 6) is 0. The zero-order valence-corrected chi connectivity index (χ0v) is 12.6. The number of benzene rings is 2. The number of hydrogen-bond acceptors (Lipinski definition) is 1. The number of hydrogen-bond donors (Lipinski definition) is 0. The Bertz CT molecular complexity index is 527. The second kappa shape index (κ2) is 6.37. The molecule has 0 spiro atoms. The monoisotopic (exact) mass is 323 g/mol. The van der Waals surface area contributed by atoms with Gasteiger partial charge < -0.3 is 0 Å². The lowest BCUT2D eigenvalue weighted by atomic mass is 10.2. The second-order valence-electron chi connectivity index (χ2n) is 4.39. The van der Waals surface area contributed by atoms with Gasteiger partial charge in [0.25, 0.3) is 0 Å². The van der Waals surface area contributed by atoms with Gasteiger partial charge in [-0.25, -0.2) is 0 Å². The summed E-state index contributed by atoms with van der Waals surface area (Å²) in [5, 5.41) is 0.793. The minimum atomic E-state index is 0.793. The molecule has 3 heteroatoms. The maximum atomic E-state index is 5.99. The van der Waals surface area contributed by atoms with E-state index in [-0.39, 0.29) is 0 Å². The smallest absolute Gasteiger partial charge is 0.0409 e. The van der Waals surface area contributed by atoms with E-state index < -0.39 is 0 Å². The normalized spacial score (nSPS) is 10.9. The number of nitrogens with zero attached hydrogens (tertiary/aromatic N) is 1. The summed E-state index contributed by atoms with van der Waals surface area (Å²) in [7, 11) is 2.11. The van der Waals surface area contributed by atoms with Gasteiger partial charge >= 0.3 is 0 Å². The van der Waals surface area contributed by atoms with E-state index in [0.717, 1.165) is 22.6 Å². The van der Waals surface area contributed by atoms with Gasteiger partial charge in [-0.1, -0.05) is 57.9 Å². The zero-order chi connectivity index (χ0) is 13.0. The fourth-order valence-corrected chi connectivity index (χ4v) is 2.54. The van der Waals surface area contributed by atoms with Crippen molar-refractivity contribution in [3.05, 3.63) is 69.2 Å². The van der Waals surface area contributed by atoms with Crippen LogP contribution in [-0.4, -0.2) is 11.9 Å². The van der Waals surface area contributed by atoms with E-state index in [1.54, 1.807) is 0 Å². The Kier molecular flexibility index (Phi) is 4.81. The quantitative estimate of drug-likeness (QED) is 0.785. The van der Waals surface area contributed by atoms with E-state index in [2.05, 4.69) is 52.1 Å². The average molecular weight is 325 g/mol. The highest BCUT2D eigenvalue weighted by molar-refractivity contribution is 9.10. The number of halogens is 2. The molecule has 0 atom stereocenters. The molecule has 0 radical (unpaired) electrons. The summed E-state index contributed by atoms with van der Waals surface area (Å²) in [6.45, 7) is 1.80. The van der Waals surface area contributed by atoms with Crippen LogP contribution in [0.5, 0.6) is 0 Å². The highest BCUT2D eigenvalue weighted by atomic mass is 79.9. The Morgan fingerprint density at radius 2 is 1.83 bits per heavy atom. The van der Waals surface area contributed by atoms with Crippen molar-refractivity contribution in [1.82, 2.24) is 4.90 Å². The second-order valence-corrected chi connectivity index (χ2v) is 5.68. The molecule has 2 aromatic rings. The van der Waals surface area contributed by atoms with E-state index >= 15 is 0 Å². The lowest BCUT2D eigenvalue weighted by molar-refractivity contribution is 0.318. The van der Waals surface area contributed by atoms with E-state index in [0.29, 0.717) is 0 Å². The molecule has 0 aromatic heterocycles. The molecule has 18 heavy (non-hydrogen) atoms. The first-order valence-corrected chi connectivity index (χ1v) is 6.98. The molecule has 0 bridgehead atoms. The Morgan fingerprint density at radius 3 is 2.56 bits per heavy atom. The third kappa shape index (κ3) is 3.84. The summed E-state index contributed by atoms with van der Waals surface area (Å²) in [6, 6.07) is 16.3. The molecule has 0 fully saturated rings. The summed E-state index contributed by atoms with van der Waals surface area (Å²) in [4.78, 5) is 2.27. The van der Waals surface area contributed by atoms with Crippen molar-refractivity contribution in [1.29, 1.82) is 0 Å². The van der Waals surface area contributed by atoms with Crippen LogP contribution in [0.15, 0.2) is 53.0 Å². The lowest BCUT2D eigenvalue weighted by Gasteiger charge is -2.17. The fraction of sp³-hybridized carbons (Fsp3) is 0.200. The molecule has 0 aliphatic heterocycles. The van der Waals surface area contributed by atoms with Crippen LogP contribution >= 0.6 is 27.5 Å². The first kappa shape index (κ1) is 13.6. The van der Waals surface area contributed by atoms with E-state index in [1.807, 2.05) is 24.3 Å². The van der Waals surface area contributed by atoms with Crippen molar-refractivity contribution in [3.8, 4) is 0 Å². The van der Waals surface area contributed by atoms with Crippen LogP contribution in [0.25, 0.3) is 0 Å². The predicted molar refractivity (Wildman–Crippen MR) is 80.8 cm³/mol. The summed E-state index contributed by atoms with van der Waals surface area (Å²) < 4.78 is 1.16. The van der Waals surface area contributed by atoms with Crippen molar-refractivity contribution >= 4 is 27.5 Å². The van der Waals surface area contributed by atoms with Gasteiger partial charge in [-0.3, -0.25) is 4.90 Å². The molecule has 0 unspecified atom stereocenters. The third-order valence-electron chi connectivity index (χ3n) is 2.74. The predicted octanol–water partition coefficient (Wildman–Crippen LogP) is 4.73. The first-order chi connectivity index (χ1) is 8.65. The van der Waals surface area contributed by atoms with Gasteiger partial charge in [0.05, 0.1) is 0 Å². The molecule has 0 heterocycles. The van der Waals surface area contributed by atoms with Gasteiger partial charge in [0.2, 0.25) is 0 Å². The first-order valence-electron chi connectivity index (χ1n) is 5.81. The minimum Gasteiger partial charge on any atom is -0.298 e. The zero-order valence-electron chi connectivity index (χ0n) is 10.2. The molecule has 0 aliphatic carbocycles. The van der Waals surface area contributed by atoms with Crippen LogP contribution in [0.1, 0.15) is 11.1 Å². The molecule has 0 saturated carbocycles. The standard InChI is InChI=1S/C15H15BrClN/c1-18(10-12-5-4-7-14(17)9-12)11-13-6-2-3-8-15(13)16/h2-9H,10-11H2,1H3. The van der Waals surface area contributed by atoms with Crippen LogP contribution in [0, 0.1) is 0 Å². The highest BCUT2D eigenvalue weighted by Crippen LogP contribution is 2.18. The van der Waals surface area contributed by atoms with Crippen molar-refractivity contribution < 1.29 is 0 Å². The molecule has 2 rings (SSSR count). The molecule has 1 nitrogen and oxygen atoms in total. The van der Waals surface area contributed by atoms with Gasteiger partial charge in [-0.2, -0.15) is 0 Å². The molecule has 0 aliphatic rings. The topological polar surface area (TPSA) is 3.24 Å². The molecule has 94 valence electrons. The molecular formula is C15H15BrClN. The molecule has 0 amide bonds. The van der Waals surface area contributed by atoms with Gasteiger partial charge in [0, 0.05) is 22.6 Å². The average Bonchev–Trinajstić information content (AvgIpc) is 2.32. The lowest BCUT2D eigenvalue weighted by Crippen LogP contribution is -2.17. The SMILES string of the molecule is CN(Cc1cccc(Cl)c1)Cc1ccccc1Br. The molecule has 0 N–H and O–H groups in total. The van der Waals surface area contributed by atoms with Crippen molar-refractivity contribution in [2.75, 3.05) is 7.05 Å². The van der Waals surface area contributed by atoms with E-state index in [1.165, 1.54) is 11.1 Å². The van der Waals surface area contributed by atoms with E-state index in [9.17, 15) is 0 Å². The van der Waals surface area contributed by atoms with Gasteiger partial charge in [0.1, 0.15) is 0 Å². The Morgan fingerprint density at radius 1 is 1.06 bits per heavy atom. The maximum absolute atomic E-state index is 5.99. The van der Waals surface area contributed by atoms with Crippen molar-refractivity contribution in [2.24, 2.45) is 0 Å². The van der Waals surface area contributed by atoms with Crippen LogP contribution in [0.2, 0.25) is 5.02 Å². The summed E-state index contributed by atoms with van der Waals surface area (Å²) in [6.07, 6.45) is 0. The largest absolute Gasteiger partial charge is 0.298 e. The number of rotatable bonds is 4. The Hall–Kier alpha value is -0.830. The van der Waals surface area contributed by atoms with E-state index in [4.69, 9.17) is 11.6 Å². The fourth-order valence-electron chi connectivity index (χ4n) is 1.92. The van der Waals surface area contributed by atoms with Crippen LogP contribution < -0.4 is 0 Å². The minimum absolute atomic E-state index is 0.793. The molecule has 0 saturated heterocycles. The molecule has 2 aromatic carbocycles. The highest BCUT2D eigenvalue weighted by Gasteiger charge is 2.04. The van der Waals surface area contributed by atoms with Crippen molar-refractivity contribution in [3.63, 3.8) is 0 Å². The van der Waals surface area contributed by atoms with Crippen molar-refractivity contribution in [2.45, 2.75) is 13.1 Å². The Balaban J connectivity index is 2.01. The van der Waals surface area contributed by atoms with Gasteiger partial charge in [0.15, 0.2) is 0 Å². The van der Waals surface area contributed by atoms with Crippen LogP contribution in [0.4, 0.5) is 0 Å². The van der Waals surface area contributed by atoms with Gasteiger partial charge in [-0.15, -0.1) is 0 Å². The maximum Gasteiger partial charge on any atom is 0.0409 e. The Labute approximate surface area is 122 Å².